The van der Waals surface area contributed by atoms with Gasteiger partial charge in [-0.05, 0) is 22.0 Å². The van der Waals surface area contributed by atoms with Gasteiger partial charge in [-0.15, -0.1) is 0 Å². The quantitative estimate of drug-likeness (QED) is 0.341. The van der Waals surface area contributed by atoms with Gasteiger partial charge in [-0.2, -0.15) is 5.10 Å². The minimum atomic E-state index is -0.927. The van der Waals surface area contributed by atoms with Crippen LogP contribution in [0.3, 0.4) is 0 Å². The van der Waals surface area contributed by atoms with Crippen molar-refractivity contribution in [1.29, 1.82) is 0 Å². The Morgan fingerprint density at radius 3 is 2.27 bits per heavy atom. The van der Waals surface area contributed by atoms with Crippen LogP contribution in [0.2, 0.25) is 0 Å². The van der Waals surface area contributed by atoms with Crippen molar-refractivity contribution in [2.75, 3.05) is 21.3 Å². The third-order valence-corrected chi connectivity index (χ3v) is 4.45. The van der Waals surface area contributed by atoms with E-state index in [1.54, 1.807) is 0 Å². The summed E-state index contributed by atoms with van der Waals surface area (Å²) in [5.74, 6) is -1.23. The van der Waals surface area contributed by atoms with Gasteiger partial charge in [0.25, 0.3) is 11.6 Å². The molecule has 0 aromatic heterocycles. The van der Waals surface area contributed by atoms with Crippen molar-refractivity contribution >= 4 is 39.4 Å². The predicted octanol–water partition coefficient (Wildman–Crippen LogP) is 3.06. The first-order valence-corrected chi connectivity index (χ1v) is 8.79. The van der Waals surface area contributed by atoms with Crippen LogP contribution in [0.5, 0.6) is 17.2 Å². The average Bonchev–Trinajstić information content (AvgIpc) is 2.72. The normalized spacial score (nSPS) is 10.5. The third-order valence-electron chi connectivity index (χ3n) is 3.78. The standard InChI is InChI=1S/C17H15BrN4O8/c1-28-13-7-10(14(22(26)27)16(30-3)15(13)29-2)17(23)20-19-8-9-4-5-11(18)12(6-9)21(24)25/h4-8H,1-3H3,(H,20,23)/b19-8-. The van der Waals surface area contributed by atoms with Gasteiger partial charge in [0.15, 0.2) is 5.75 Å². The van der Waals surface area contributed by atoms with Crippen molar-refractivity contribution in [2.45, 2.75) is 0 Å². The minimum absolute atomic E-state index is 0.0395. The fraction of sp³-hybridized carbons (Fsp3) is 0.176. The number of nitro groups is 2. The summed E-state index contributed by atoms with van der Waals surface area (Å²) < 4.78 is 15.5. The van der Waals surface area contributed by atoms with Gasteiger partial charge >= 0.3 is 5.69 Å². The van der Waals surface area contributed by atoms with Crippen molar-refractivity contribution in [3.05, 3.63) is 60.1 Å². The number of amides is 1. The van der Waals surface area contributed by atoms with Crippen molar-refractivity contribution in [1.82, 2.24) is 5.43 Å². The van der Waals surface area contributed by atoms with E-state index in [0.717, 1.165) is 12.3 Å². The van der Waals surface area contributed by atoms with Gasteiger partial charge in [-0.25, -0.2) is 5.43 Å². The maximum Gasteiger partial charge on any atom is 0.327 e. The van der Waals surface area contributed by atoms with Crippen LogP contribution in [0, 0.1) is 20.2 Å². The van der Waals surface area contributed by atoms with Crippen LogP contribution in [-0.2, 0) is 0 Å². The molecule has 0 bridgehead atoms. The number of nitrogens with one attached hydrogen (secondary N) is 1. The maximum absolute atomic E-state index is 12.5. The lowest BCUT2D eigenvalue weighted by Gasteiger charge is -2.14. The molecular formula is C17H15BrN4O8. The average molecular weight is 483 g/mol. The van der Waals surface area contributed by atoms with Crippen LogP contribution in [0.25, 0.3) is 0 Å². The Balaban J connectivity index is 2.39. The molecule has 0 saturated carbocycles. The van der Waals surface area contributed by atoms with Gasteiger partial charge in [-0.1, -0.05) is 6.07 Å². The fourth-order valence-electron chi connectivity index (χ4n) is 2.47. The van der Waals surface area contributed by atoms with Crippen molar-refractivity contribution in [3.8, 4) is 17.2 Å². The molecule has 2 aromatic rings. The van der Waals surface area contributed by atoms with Crippen LogP contribution in [0.4, 0.5) is 11.4 Å². The van der Waals surface area contributed by atoms with E-state index in [0.29, 0.717) is 5.56 Å². The number of benzene rings is 2. The van der Waals surface area contributed by atoms with E-state index in [4.69, 9.17) is 14.2 Å². The van der Waals surface area contributed by atoms with E-state index in [-0.39, 0.29) is 33.0 Å². The van der Waals surface area contributed by atoms with Gasteiger partial charge < -0.3 is 14.2 Å². The molecule has 0 fully saturated rings. The highest BCUT2D eigenvalue weighted by atomic mass is 79.9. The Hall–Kier alpha value is -3.74. The highest BCUT2D eigenvalue weighted by molar-refractivity contribution is 9.10. The Bertz CT molecular complexity index is 1040. The zero-order chi connectivity index (χ0) is 22.4. The number of hydrogen-bond donors (Lipinski definition) is 1. The highest BCUT2D eigenvalue weighted by Crippen LogP contribution is 2.46. The summed E-state index contributed by atoms with van der Waals surface area (Å²) in [7, 11) is 3.75. The summed E-state index contributed by atoms with van der Waals surface area (Å²) in [6, 6.07) is 5.33. The van der Waals surface area contributed by atoms with E-state index < -0.39 is 21.4 Å². The van der Waals surface area contributed by atoms with Crippen LogP contribution >= 0.6 is 15.9 Å². The van der Waals surface area contributed by atoms with Crippen molar-refractivity contribution in [2.24, 2.45) is 5.10 Å². The largest absolute Gasteiger partial charge is 0.493 e. The topological polar surface area (TPSA) is 155 Å². The predicted molar refractivity (Wildman–Crippen MR) is 109 cm³/mol. The molecule has 0 spiro atoms. The molecule has 0 atom stereocenters. The van der Waals surface area contributed by atoms with Crippen LogP contribution in [0.15, 0.2) is 33.8 Å². The van der Waals surface area contributed by atoms with E-state index in [2.05, 4.69) is 26.5 Å². The monoisotopic (exact) mass is 482 g/mol. The zero-order valence-electron chi connectivity index (χ0n) is 15.9. The molecule has 1 N–H and O–H groups in total. The smallest absolute Gasteiger partial charge is 0.327 e. The number of hydrogen-bond acceptors (Lipinski definition) is 9. The van der Waals surface area contributed by atoms with Crippen molar-refractivity contribution < 1.29 is 28.9 Å². The lowest BCUT2D eigenvalue weighted by molar-refractivity contribution is -0.386. The third kappa shape index (κ3) is 4.63. The number of rotatable bonds is 8. The van der Waals surface area contributed by atoms with Crippen LogP contribution in [-0.4, -0.2) is 43.3 Å². The van der Waals surface area contributed by atoms with Gasteiger partial charge in [0.2, 0.25) is 11.5 Å². The lowest BCUT2D eigenvalue weighted by atomic mass is 10.1. The molecule has 1 amide bonds. The number of nitro benzene ring substituents is 2. The summed E-state index contributed by atoms with van der Waals surface area (Å²) in [6.07, 6.45) is 1.15. The first-order chi connectivity index (χ1) is 14.2. The van der Waals surface area contributed by atoms with Crippen molar-refractivity contribution in [3.63, 3.8) is 0 Å². The second kappa shape index (κ2) is 9.65. The number of hydrazone groups is 1. The molecule has 2 aromatic carbocycles. The molecule has 0 radical (unpaired) electrons. The van der Waals surface area contributed by atoms with Gasteiger partial charge in [0.1, 0.15) is 5.56 Å². The first kappa shape index (κ1) is 22.5. The Kier molecular flexibility index (Phi) is 7.25. The van der Waals surface area contributed by atoms with Gasteiger partial charge in [-0.3, -0.25) is 25.0 Å². The number of nitrogens with zero attached hydrogens (tertiary/aromatic N) is 3. The highest BCUT2D eigenvalue weighted by Gasteiger charge is 2.32. The molecule has 0 aliphatic rings. The zero-order valence-corrected chi connectivity index (χ0v) is 17.5. The van der Waals surface area contributed by atoms with Gasteiger partial charge in [0, 0.05) is 17.7 Å². The summed E-state index contributed by atoms with van der Waals surface area (Å²) in [5, 5.41) is 26.2. The number of ether oxygens (including phenoxy) is 3. The summed E-state index contributed by atoms with van der Waals surface area (Å²) in [4.78, 5) is 33.7. The molecule has 13 heteroatoms. The number of carbonyl (C=O) groups excluding carboxylic acids is 1. The number of carbonyl (C=O) groups is 1. The molecule has 12 nitrogen and oxygen atoms in total. The molecule has 0 saturated heterocycles. The fourth-order valence-corrected chi connectivity index (χ4v) is 2.86. The van der Waals surface area contributed by atoms with E-state index in [9.17, 15) is 25.0 Å². The van der Waals surface area contributed by atoms with E-state index in [1.165, 1.54) is 39.5 Å². The summed E-state index contributed by atoms with van der Waals surface area (Å²) >= 11 is 3.06. The SMILES string of the molecule is COc1cc(C(=O)N/N=C\c2ccc(Br)c([N+](=O)[O-])c2)c([N+](=O)[O-])c(OC)c1OC. The molecule has 0 unspecified atom stereocenters. The Morgan fingerprint density at radius 1 is 1.07 bits per heavy atom. The van der Waals surface area contributed by atoms with Crippen LogP contribution < -0.4 is 19.6 Å². The molecule has 2 rings (SSSR count). The molecule has 30 heavy (non-hydrogen) atoms. The molecule has 158 valence electrons. The molecule has 0 heterocycles. The summed E-state index contributed by atoms with van der Waals surface area (Å²) in [5.41, 5.74) is 1.26. The number of methoxy groups -OCH3 is 3. The molecule has 0 aliphatic carbocycles. The van der Waals surface area contributed by atoms with E-state index >= 15 is 0 Å². The minimum Gasteiger partial charge on any atom is -0.493 e. The first-order valence-electron chi connectivity index (χ1n) is 7.99. The lowest BCUT2D eigenvalue weighted by Crippen LogP contribution is -2.20. The Morgan fingerprint density at radius 2 is 1.73 bits per heavy atom. The second-order valence-electron chi connectivity index (χ2n) is 5.47. The van der Waals surface area contributed by atoms with E-state index in [1.807, 2.05) is 0 Å². The molecular weight excluding hydrogens is 468 g/mol. The Labute approximate surface area is 177 Å². The number of halogens is 1. The molecule has 0 aliphatic heterocycles. The maximum atomic E-state index is 12.5. The summed E-state index contributed by atoms with van der Waals surface area (Å²) in [6.45, 7) is 0. The van der Waals surface area contributed by atoms with Crippen LogP contribution in [0.1, 0.15) is 15.9 Å². The second-order valence-corrected chi connectivity index (χ2v) is 6.32. The van der Waals surface area contributed by atoms with Gasteiger partial charge in [0.05, 0.1) is 41.9 Å².